The fraction of sp³-hybridized carbons (Fsp3) is 0.389. The van der Waals surface area contributed by atoms with Crippen LogP contribution in [-0.2, 0) is 17.8 Å². The Morgan fingerprint density at radius 3 is 2.52 bits per heavy atom. The molecule has 0 N–H and O–H groups in total. The Kier molecular flexibility index (Phi) is 6.47. The molecule has 1 aromatic carbocycles. The van der Waals surface area contributed by atoms with Crippen molar-refractivity contribution in [2.24, 2.45) is 0 Å². The molecule has 1 amide bonds. The molecule has 0 atom stereocenters. The van der Waals surface area contributed by atoms with Gasteiger partial charge in [-0.25, -0.2) is 0 Å². The van der Waals surface area contributed by atoms with Crippen LogP contribution in [-0.4, -0.2) is 31.6 Å². The lowest BCUT2D eigenvalue weighted by molar-refractivity contribution is -0.131. The van der Waals surface area contributed by atoms with Crippen molar-refractivity contribution in [3.8, 4) is 11.5 Å². The highest BCUT2D eigenvalue weighted by Crippen LogP contribution is 2.28. The first-order chi connectivity index (χ1) is 11.2. The number of carbonyl (C=O) groups excluding carboxylic acids is 1. The first-order valence-electron chi connectivity index (χ1n) is 7.67. The molecule has 23 heavy (non-hydrogen) atoms. The van der Waals surface area contributed by atoms with Gasteiger partial charge in [0.05, 0.1) is 20.6 Å². The molecule has 1 aromatic heterocycles. The van der Waals surface area contributed by atoms with Crippen LogP contribution >= 0.6 is 11.3 Å². The van der Waals surface area contributed by atoms with E-state index >= 15 is 0 Å². The molecule has 0 aliphatic carbocycles. The van der Waals surface area contributed by atoms with Crippen molar-refractivity contribution >= 4 is 17.2 Å². The zero-order valence-electron chi connectivity index (χ0n) is 13.9. The summed E-state index contributed by atoms with van der Waals surface area (Å²) in [6.45, 7) is 3.52. The Morgan fingerprint density at radius 2 is 1.91 bits per heavy atom. The highest BCUT2D eigenvalue weighted by molar-refractivity contribution is 7.07. The number of hydrogen-bond acceptors (Lipinski definition) is 4. The predicted molar refractivity (Wildman–Crippen MR) is 93.3 cm³/mol. The molecule has 124 valence electrons. The molecule has 5 heteroatoms. The third-order valence-corrected chi connectivity index (χ3v) is 4.34. The second-order valence-corrected chi connectivity index (χ2v) is 6.09. The second-order valence-electron chi connectivity index (χ2n) is 5.31. The smallest absolute Gasteiger partial charge is 0.227 e. The summed E-state index contributed by atoms with van der Waals surface area (Å²) in [7, 11) is 3.20. The van der Waals surface area contributed by atoms with E-state index in [9.17, 15) is 4.79 Å². The summed E-state index contributed by atoms with van der Waals surface area (Å²) >= 11 is 1.66. The second kappa shape index (κ2) is 8.58. The average molecular weight is 333 g/mol. The molecule has 0 saturated carbocycles. The van der Waals surface area contributed by atoms with Gasteiger partial charge in [-0.3, -0.25) is 4.79 Å². The first kappa shape index (κ1) is 17.3. The van der Waals surface area contributed by atoms with Gasteiger partial charge >= 0.3 is 0 Å². The number of thiophene rings is 1. The maximum Gasteiger partial charge on any atom is 0.227 e. The fourth-order valence-corrected chi connectivity index (χ4v) is 3.10. The summed E-state index contributed by atoms with van der Waals surface area (Å²) in [5.74, 6) is 1.45. The van der Waals surface area contributed by atoms with Crippen LogP contribution in [0.5, 0.6) is 11.5 Å². The van der Waals surface area contributed by atoms with Crippen LogP contribution < -0.4 is 9.47 Å². The van der Waals surface area contributed by atoms with Crippen LogP contribution in [0.1, 0.15) is 24.5 Å². The summed E-state index contributed by atoms with van der Waals surface area (Å²) in [5.41, 5.74) is 2.11. The lowest BCUT2D eigenvalue weighted by Crippen LogP contribution is -2.32. The number of ether oxygens (including phenoxy) is 2. The number of methoxy groups -OCH3 is 2. The normalized spacial score (nSPS) is 10.4. The molecule has 4 nitrogen and oxygen atoms in total. The molecular weight excluding hydrogens is 310 g/mol. The minimum absolute atomic E-state index is 0.130. The van der Waals surface area contributed by atoms with Crippen molar-refractivity contribution in [2.45, 2.75) is 26.3 Å². The van der Waals surface area contributed by atoms with E-state index in [0.29, 0.717) is 24.5 Å². The van der Waals surface area contributed by atoms with E-state index in [4.69, 9.17) is 9.47 Å². The number of carbonyl (C=O) groups is 1. The van der Waals surface area contributed by atoms with Crippen LogP contribution in [0, 0.1) is 0 Å². The first-order valence-corrected chi connectivity index (χ1v) is 8.62. The summed E-state index contributed by atoms with van der Waals surface area (Å²) in [6.07, 6.45) is 1.31. The van der Waals surface area contributed by atoms with E-state index in [2.05, 4.69) is 18.4 Å². The van der Waals surface area contributed by atoms with Crippen LogP contribution in [0.3, 0.4) is 0 Å². The average Bonchev–Trinajstić information content (AvgIpc) is 3.07. The number of rotatable bonds is 8. The minimum Gasteiger partial charge on any atom is -0.493 e. The van der Waals surface area contributed by atoms with E-state index in [1.807, 2.05) is 28.5 Å². The third kappa shape index (κ3) is 4.73. The van der Waals surface area contributed by atoms with Gasteiger partial charge in [0.25, 0.3) is 0 Å². The Hall–Kier alpha value is -2.01. The van der Waals surface area contributed by atoms with Gasteiger partial charge in [0.1, 0.15) is 0 Å². The highest BCUT2D eigenvalue weighted by atomic mass is 32.1. The van der Waals surface area contributed by atoms with Gasteiger partial charge in [-0.05, 0) is 46.5 Å². The van der Waals surface area contributed by atoms with Crippen LogP contribution in [0.4, 0.5) is 0 Å². The summed E-state index contributed by atoms with van der Waals surface area (Å²) in [6, 6.07) is 7.68. The topological polar surface area (TPSA) is 38.8 Å². The van der Waals surface area contributed by atoms with Crippen molar-refractivity contribution in [2.75, 3.05) is 20.8 Å². The molecular formula is C18H23NO3S. The molecule has 0 fully saturated rings. The zero-order chi connectivity index (χ0) is 16.7. The molecule has 0 bridgehead atoms. The van der Waals surface area contributed by atoms with Crippen LogP contribution in [0.15, 0.2) is 35.0 Å². The van der Waals surface area contributed by atoms with Crippen LogP contribution in [0.25, 0.3) is 0 Å². The highest BCUT2D eigenvalue weighted by Gasteiger charge is 2.15. The monoisotopic (exact) mass is 333 g/mol. The van der Waals surface area contributed by atoms with E-state index < -0.39 is 0 Å². The Balaban J connectivity index is 2.08. The molecule has 0 saturated heterocycles. The van der Waals surface area contributed by atoms with E-state index in [1.54, 1.807) is 25.6 Å². The number of nitrogens with zero attached hydrogens (tertiary/aromatic N) is 1. The number of amides is 1. The molecule has 0 spiro atoms. The van der Waals surface area contributed by atoms with Gasteiger partial charge < -0.3 is 14.4 Å². The van der Waals surface area contributed by atoms with E-state index in [0.717, 1.165) is 18.5 Å². The SMILES string of the molecule is CCCN(Cc1ccsc1)C(=O)Cc1ccc(OC)c(OC)c1. The van der Waals surface area contributed by atoms with Crippen molar-refractivity contribution in [1.29, 1.82) is 0 Å². The predicted octanol–water partition coefficient (Wildman–Crippen LogP) is 3.75. The van der Waals surface area contributed by atoms with E-state index in [1.165, 1.54) is 5.56 Å². The Bertz CT molecular complexity index is 625. The van der Waals surface area contributed by atoms with Crippen molar-refractivity contribution in [1.82, 2.24) is 4.90 Å². The maximum atomic E-state index is 12.6. The molecule has 0 aliphatic heterocycles. The molecule has 0 radical (unpaired) electrons. The molecule has 1 heterocycles. The molecule has 2 aromatic rings. The standard InChI is InChI=1S/C18H23NO3S/c1-4-8-19(12-15-7-9-23-13-15)18(20)11-14-5-6-16(21-2)17(10-14)22-3/h5-7,9-10,13H,4,8,11-12H2,1-3H3. The van der Waals surface area contributed by atoms with Gasteiger partial charge in [0, 0.05) is 13.1 Å². The lowest BCUT2D eigenvalue weighted by Gasteiger charge is -2.22. The molecule has 0 aliphatic rings. The zero-order valence-corrected chi connectivity index (χ0v) is 14.7. The van der Waals surface area contributed by atoms with Gasteiger partial charge in [0.15, 0.2) is 11.5 Å². The van der Waals surface area contributed by atoms with Gasteiger partial charge in [-0.1, -0.05) is 13.0 Å². The Morgan fingerprint density at radius 1 is 1.13 bits per heavy atom. The molecule has 0 unspecified atom stereocenters. The minimum atomic E-state index is 0.130. The van der Waals surface area contributed by atoms with E-state index in [-0.39, 0.29) is 5.91 Å². The van der Waals surface area contributed by atoms with Crippen LogP contribution in [0.2, 0.25) is 0 Å². The number of benzene rings is 1. The largest absolute Gasteiger partial charge is 0.493 e. The maximum absolute atomic E-state index is 12.6. The fourth-order valence-electron chi connectivity index (χ4n) is 2.44. The third-order valence-electron chi connectivity index (χ3n) is 3.60. The van der Waals surface area contributed by atoms with Gasteiger partial charge in [0.2, 0.25) is 5.91 Å². The van der Waals surface area contributed by atoms with Gasteiger partial charge in [-0.2, -0.15) is 11.3 Å². The summed E-state index contributed by atoms with van der Waals surface area (Å²) in [5, 5.41) is 4.13. The van der Waals surface area contributed by atoms with Crippen molar-refractivity contribution in [3.05, 3.63) is 46.2 Å². The van der Waals surface area contributed by atoms with Gasteiger partial charge in [-0.15, -0.1) is 0 Å². The Labute approximate surface area is 141 Å². The summed E-state index contributed by atoms with van der Waals surface area (Å²) in [4.78, 5) is 14.6. The van der Waals surface area contributed by atoms with Crippen molar-refractivity contribution in [3.63, 3.8) is 0 Å². The summed E-state index contributed by atoms with van der Waals surface area (Å²) < 4.78 is 10.5. The lowest BCUT2D eigenvalue weighted by atomic mass is 10.1. The number of hydrogen-bond donors (Lipinski definition) is 0. The molecule has 2 rings (SSSR count). The quantitative estimate of drug-likeness (QED) is 0.738. The van der Waals surface area contributed by atoms with Crippen molar-refractivity contribution < 1.29 is 14.3 Å².